The van der Waals surface area contributed by atoms with Gasteiger partial charge in [0.15, 0.2) is 16.2 Å². The lowest BCUT2D eigenvalue weighted by atomic mass is 10.4. The van der Waals surface area contributed by atoms with Crippen LogP contribution in [0.2, 0.25) is 0 Å². The fourth-order valence-electron chi connectivity index (χ4n) is 1.39. The van der Waals surface area contributed by atoms with Crippen LogP contribution in [0.3, 0.4) is 0 Å². The second-order valence-corrected chi connectivity index (χ2v) is 5.37. The highest BCUT2D eigenvalue weighted by molar-refractivity contribution is 7.91. The Morgan fingerprint density at radius 2 is 2.07 bits per heavy atom. The van der Waals surface area contributed by atoms with E-state index in [1.165, 1.54) is 6.40 Å². The van der Waals surface area contributed by atoms with Gasteiger partial charge < -0.3 is 4.74 Å². The Kier molecular flexibility index (Phi) is 2.73. The van der Waals surface area contributed by atoms with Gasteiger partial charge in [0.25, 0.3) is 0 Å². The summed E-state index contributed by atoms with van der Waals surface area (Å²) in [5.41, 5.74) is 0. The van der Waals surface area contributed by atoms with Crippen LogP contribution in [0.5, 0.6) is 0 Å². The molecule has 0 spiro atoms. The van der Waals surface area contributed by atoms with Gasteiger partial charge in [0, 0.05) is 0 Å². The molecule has 1 aromatic carbocycles. The summed E-state index contributed by atoms with van der Waals surface area (Å²) in [4.78, 5) is 4.26. The first kappa shape index (κ1) is 10.2. The predicted molar refractivity (Wildman–Crippen MR) is 56.7 cm³/mol. The molecule has 0 N–H and O–H groups in total. The van der Waals surface area contributed by atoms with Gasteiger partial charge in [0.05, 0.1) is 10.6 Å². The van der Waals surface area contributed by atoms with Gasteiger partial charge in [-0.05, 0) is 12.1 Å². The first-order valence-electron chi connectivity index (χ1n) is 4.59. The summed E-state index contributed by atoms with van der Waals surface area (Å²) in [6.07, 6.45) is 1.31. The molecule has 1 aliphatic heterocycles. The Morgan fingerprint density at radius 3 is 2.67 bits per heavy atom. The first-order chi connectivity index (χ1) is 7.18. The van der Waals surface area contributed by atoms with Crippen molar-refractivity contribution >= 4 is 16.2 Å². The molecule has 1 aliphatic rings. The van der Waals surface area contributed by atoms with E-state index >= 15 is 0 Å². The van der Waals surface area contributed by atoms with Gasteiger partial charge in [-0.25, -0.2) is 8.42 Å². The van der Waals surface area contributed by atoms with Gasteiger partial charge >= 0.3 is 0 Å². The SMILES string of the molecule is O=S(=O)(CC1COC=N1)c1ccccc1. The normalized spacial score (nSPS) is 20.1. The molecule has 15 heavy (non-hydrogen) atoms. The van der Waals surface area contributed by atoms with E-state index in [1.807, 2.05) is 0 Å². The molecular weight excluding hydrogens is 214 g/mol. The van der Waals surface area contributed by atoms with E-state index in [4.69, 9.17) is 4.74 Å². The van der Waals surface area contributed by atoms with Crippen molar-refractivity contribution in [3.63, 3.8) is 0 Å². The van der Waals surface area contributed by atoms with Crippen LogP contribution in [-0.4, -0.2) is 33.2 Å². The van der Waals surface area contributed by atoms with Crippen molar-refractivity contribution in [2.24, 2.45) is 4.99 Å². The molecule has 0 fully saturated rings. The van der Waals surface area contributed by atoms with Crippen molar-refractivity contribution < 1.29 is 13.2 Å². The molecule has 0 saturated carbocycles. The van der Waals surface area contributed by atoms with E-state index in [-0.39, 0.29) is 11.8 Å². The molecule has 0 aromatic heterocycles. The summed E-state index contributed by atoms with van der Waals surface area (Å²) in [5.74, 6) is 0.00745. The topological polar surface area (TPSA) is 55.7 Å². The monoisotopic (exact) mass is 225 g/mol. The molecule has 1 aromatic rings. The average molecular weight is 225 g/mol. The molecule has 1 heterocycles. The number of hydrogen-bond donors (Lipinski definition) is 0. The molecule has 1 unspecified atom stereocenters. The highest BCUT2D eigenvalue weighted by Crippen LogP contribution is 2.13. The average Bonchev–Trinajstić information content (AvgIpc) is 2.71. The van der Waals surface area contributed by atoms with E-state index < -0.39 is 9.84 Å². The lowest BCUT2D eigenvalue weighted by Gasteiger charge is -2.06. The molecule has 4 nitrogen and oxygen atoms in total. The van der Waals surface area contributed by atoms with Crippen molar-refractivity contribution in [3.05, 3.63) is 30.3 Å². The maximum Gasteiger partial charge on any atom is 0.180 e. The van der Waals surface area contributed by atoms with Crippen LogP contribution in [-0.2, 0) is 14.6 Å². The van der Waals surface area contributed by atoms with E-state index in [0.717, 1.165) is 0 Å². The molecule has 0 aliphatic carbocycles. The fourth-order valence-corrected chi connectivity index (χ4v) is 2.85. The second kappa shape index (κ2) is 4.02. The van der Waals surface area contributed by atoms with E-state index in [9.17, 15) is 8.42 Å². The highest BCUT2D eigenvalue weighted by atomic mass is 32.2. The summed E-state index contributed by atoms with van der Waals surface area (Å²) >= 11 is 0. The van der Waals surface area contributed by atoms with Gasteiger partial charge in [-0.1, -0.05) is 18.2 Å². The van der Waals surface area contributed by atoms with Gasteiger partial charge in [-0.2, -0.15) is 0 Å². The van der Waals surface area contributed by atoms with Crippen LogP contribution in [0.15, 0.2) is 40.2 Å². The lowest BCUT2D eigenvalue weighted by Crippen LogP contribution is -2.20. The van der Waals surface area contributed by atoms with Crippen LogP contribution < -0.4 is 0 Å². The van der Waals surface area contributed by atoms with Crippen LogP contribution in [0.4, 0.5) is 0 Å². The predicted octanol–water partition coefficient (Wildman–Crippen LogP) is 0.887. The minimum Gasteiger partial charge on any atom is -0.481 e. The van der Waals surface area contributed by atoms with E-state index in [0.29, 0.717) is 11.5 Å². The standard InChI is InChI=1S/C10H11NO3S/c12-15(13,7-9-6-14-8-11-9)10-4-2-1-3-5-10/h1-5,8-9H,6-7H2. The number of nitrogens with zero attached hydrogens (tertiary/aromatic N) is 1. The number of benzene rings is 1. The zero-order valence-electron chi connectivity index (χ0n) is 8.04. The highest BCUT2D eigenvalue weighted by Gasteiger charge is 2.22. The molecule has 0 bridgehead atoms. The minimum absolute atomic E-state index is 0.00745. The molecule has 1 atom stereocenters. The van der Waals surface area contributed by atoms with E-state index in [2.05, 4.69) is 4.99 Å². The molecule has 0 radical (unpaired) electrons. The maximum atomic E-state index is 11.9. The summed E-state index contributed by atoms with van der Waals surface area (Å²) < 4.78 is 28.6. The molecule has 80 valence electrons. The lowest BCUT2D eigenvalue weighted by molar-refractivity contribution is 0.335. The molecule has 0 amide bonds. The summed E-state index contributed by atoms with van der Waals surface area (Å²) in [6, 6.07) is 8.12. The van der Waals surface area contributed by atoms with Crippen molar-refractivity contribution in [2.75, 3.05) is 12.4 Å². The van der Waals surface area contributed by atoms with E-state index in [1.54, 1.807) is 30.3 Å². The second-order valence-electron chi connectivity index (χ2n) is 3.34. The van der Waals surface area contributed by atoms with Crippen LogP contribution in [0.1, 0.15) is 0 Å². The Bertz CT molecular complexity index is 453. The largest absolute Gasteiger partial charge is 0.481 e. The molecule has 0 saturated heterocycles. The number of sulfone groups is 1. The zero-order valence-corrected chi connectivity index (χ0v) is 8.85. The molecular formula is C10H11NO3S. The van der Waals surface area contributed by atoms with Crippen molar-refractivity contribution in [1.82, 2.24) is 0 Å². The van der Waals surface area contributed by atoms with Crippen LogP contribution in [0.25, 0.3) is 0 Å². The number of aliphatic imine (C=N–C) groups is 1. The van der Waals surface area contributed by atoms with Gasteiger partial charge in [-0.3, -0.25) is 4.99 Å². The van der Waals surface area contributed by atoms with Gasteiger partial charge in [0.2, 0.25) is 0 Å². The summed E-state index contributed by atoms with van der Waals surface area (Å²) in [5, 5.41) is 0. The fraction of sp³-hybridized carbons (Fsp3) is 0.300. The Morgan fingerprint density at radius 1 is 1.33 bits per heavy atom. The van der Waals surface area contributed by atoms with Crippen LogP contribution in [0, 0.1) is 0 Å². The zero-order chi connectivity index (χ0) is 10.7. The number of rotatable bonds is 3. The third-order valence-corrected chi connectivity index (χ3v) is 3.96. The van der Waals surface area contributed by atoms with Crippen LogP contribution >= 0.6 is 0 Å². The first-order valence-corrected chi connectivity index (χ1v) is 6.25. The smallest absolute Gasteiger partial charge is 0.180 e. The number of ether oxygens (including phenoxy) is 1. The van der Waals surface area contributed by atoms with Gasteiger partial charge in [-0.15, -0.1) is 0 Å². The molecule has 2 rings (SSSR count). The quantitative estimate of drug-likeness (QED) is 0.767. The molecule has 5 heteroatoms. The Labute approximate surface area is 88.5 Å². The Hall–Kier alpha value is -1.36. The minimum atomic E-state index is -3.24. The number of hydrogen-bond acceptors (Lipinski definition) is 4. The van der Waals surface area contributed by atoms with Gasteiger partial charge in [0.1, 0.15) is 12.6 Å². The van der Waals surface area contributed by atoms with Crippen molar-refractivity contribution in [3.8, 4) is 0 Å². The third kappa shape index (κ3) is 2.36. The van der Waals surface area contributed by atoms with Crippen molar-refractivity contribution in [2.45, 2.75) is 10.9 Å². The summed E-state index contributed by atoms with van der Waals surface area (Å²) in [7, 11) is -3.24. The van der Waals surface area contributed by atoms with Crippen molar-refractivity contribution in [1.29, 1.82) is 0 Å². The Balaban J connectivity index is 2.17. The third-order valence-electron chi connectivity index (χ3n) is 2.15. The summed E-state index contributed by atoms with van der Waals surface area (Å²) in [6.45, 7) is 0.353. The maximum absolute atomic E-state index is 11.9.